The molecule has 0 radical (unpaired) electrons. The Hall–Kier alpha value is -1.79. The highest BCUT2D eigenvalue weighted by Crippen LogP contribution is 2.28. The standard InChI is InChI=1S/C9H11NO5/c10-7(9(14)15)8(13)4-1-2-5(11)6(12)3-4/h1-3,7-8,11-13H,10H2,(H,14,15)/t7-,8+/m0/s1/i7D,8D,13D/hD2. The molecule has 6 nitrogen and oxygen atoms in total. The van der Waals surface area contributed by atoms with Crippen LogP contribution in [0.15, 0.2) is 18.2 Å². The molecule has 82 valence electrons. The van der Waals surface area contributed by atoms with Crippen LogP contribution in [0, 0.1) is 0 Å². The lowest BCUT2D eigenvalue weighted by atomic mass is 10.0. The zero-order chi connectivity index (χ0) is 15.7. The Morgan fingerprint density at radius 1 is 1.53 bits per heavy atom. The van der Waals surface area contributed by atoms with Gasteiger partial charge >= 0.3 is 5.97 Å². The number of aliphatic hydroxyl groups is 1. The van der Waals surface area contributed by atoms with Crippen LogP contribution < -0.4 is 5.72 Å². The third-order valence-corrected chi connectivity index (χ3v) is 1.66. The van der Waals surface area contributed by atoms with Crippen LogP contribution in [0.2, 0.25) is 2.82 Å². The van der Waals surface area contributed by atoms with E-state index < -0.39 is 40.8 Å². The highest BCUT2D eigenvalue weighted by molar-refractivity contribution is 5.74. The minimum Gasteiger partial charge on any atom is -0.504 e. The molecule has 0 saturated heterocycles. The Morgan fingerprint density at radius 3 is 2.73 bits per heavy atom. The van der Waals surface area contributed by atoms with Gasteiger partial charge in [-0.1, -0.05) is 6.07 Å². The molecule has 0 fully saturated rings. The quantitative estimate of drug-likeness (QED) is 0.426. The highest BCUT2D eigenvalue weighted by atomic mass is 16.4. The number of phenols is 2. The van der Waals surface area contributed by atoms with Crippen LogP contribution >= 0.6 is 0 Å². The van der Waals surface area contributed by atoms with E-state index in [1.165, 1.54) is 0 Å². The Morgan fingerprint density at radius 2 is 2.27 bits per heavy atom. The van der Waals surface area contributed by atoms with Gasteiger partial charge in [0.25, 0.3) is 0 Å². The summed E-state index contributed by atoms with van der Waals surface area (Å²) in [5.74, 6) is -3.37. The number of rotatable bonds is 5. The molecule has 0 amide bonds. The Kier molecular flexibility index (Phi) is 1.65. The Bertz CT molecular complexity index is 529. The maximum absolute atomic E-state index is 11.1. The van der Waals surface area contributed by atoms with Crippen LogP contribution in [0.4, 0.5) is 0 Å². The number of benzene rings is 1. The molecule has 1 aromatic carbocycles. The fraction of sp³-hybridized carbons (Fsp3) is 0.222. The number of aliphatic carboxylic acids is 1. The van der Waals surface area contributed by atoms with Gasteiger partial charge in [0.2, 0.25) is 1.43 Å². The molecular formula is C9H11NO5. The van der Waals surface area contributed by atoms with Gasteiger partial charge in [-0.25, -0.2) is 0 Å². The summed E-state index contributed by atoms with van der Waals surface area (Å²) in [6, 6.07) is -0.759. The Labute approximate surface area is 92.4 Å². The van der Waals surface area contributed by atoms with Gasteiger partial charge < -0.3 is 26.1 Å². The van der Waals surface area contributed by atoms with Gasteiger partial charge in [0.1, 0.15) is 14.9 Å². The Balaban J connectivity index is 3.53. The van der Waals surface area contributed by atoms with E-state index in [0.717, 1.165) is 12.1 Å². The van der Waals surface area contributed by atoms with E-state index in [4.69, 9.17) is 17.2 Å². The minimum absolute atomic E-state index is 0.496. The molecule has 0 unspecified atom stereocenters. The lowest BCUT2D eigenvalue weighted by molar-refractivity contribution is -0.141. The lowest BCUT2D eigenvalue weighted by Crippen LogP contribution is -2.36. The molecule has 0 saturated carbocycles. The number of carboxylic acids is 1. The number of carbonyl (C=O) groups is 1. The molecule has 0 heterocycles. The van der Waals surface area contributed by atoms with Crippen LogP contribution in [0.1, 0.15) is 14.4 Å². The molecule has 6 N–H and O–H groups in total. The van der Waals surface area contributed by atoms with Gasteiger partial charge in [0.15, 0.2) is 11.5 Å². The number of aromatic hydroxyl groups is 2. The second-order valence-corrected chi connectivity index (χ2v) is 2.69. The first-order valence-corrected chi connectivity index (χ1v) is 3.79. The van der Waals surface area contributed by atoms with Crippen molar-refractivity contribution in [1.82, 2.24) is 0 Å². The van der Waals surface area contributed by atoms with E-state index in [9.17, 15) is 9.90 Å². The molecule has 15 heavy (non-hydrogen) atoms. The summed E-state index contributed by atoms with van der Waals surface area (Å²) in [4.78, 5) is 11.1. The summed E-state index contributed by atoms with van der Waals surface area (Å²) in [5.41, 5.74) is -1.09. The smallest absolute Gasteiger partial charge is 0.323 e. The van der Waals surface area contributed by atoms with Crippen molar-refractivity contribution in [3.8, 4) is 11.5 Å². The summed E-state index contributed by atoms with van der Waals surface area (Å²) in [5, 5.41) is 31.5. The zero-order valence-corrected chi connectivity index (χ0v) is 7.34. The molecule has 0 spiro atoms. The van der Waals surface area contributed by atoms with Crippen molar-refractivity contribution < 1.29 is 30.8 Å². The van der Waals surface area contributed by atoms with E-state index >= 15 is 0 Å². The zero-order valence-electron chi connectivity index (χ0n) is 12.3. The summed E-state index contributed by atoms with van der Waals surface area (Å²) in [6.45, 7) is 0. The minimum atomic E-state index is -3.31. The first kappa shape index (κ1) is 5.94. The van der Waals surface area contributed by atoms with E-state index in [2.05, 4.69) is 5.11 Å². The molecule has 6 heteroatoms. The first-order valence-electron chi connectivity index (χ1n) is 6.09. The first-order chi connectivity index (χ1) is 9.11. The predicted molar refractivity (Wildman–Crippen MR) is 50.3 cm³/mol. The SMILES string of the molecule is [2H]O[C@]([2H])(c1ccc(O)c(O)c1)[C@@]([2H])(C(=O)O)N([2H])[2H]. The van der Waals surface area contributed by atoms with Crippen molar-refractivity contribution in [3.63, 3.8) is 0 Å². The number of phenolic OH excluding ortho intramolecular Hbond substituents is 2. The molecule has 0 bridgehead atoms. The normalized spacial score (nSPS) is 23.7. The average Bonchev–Trinajstić information content (AvgIpc) is 2.39. The fourth-order valence-corrected chi connectivity index (χ4v) is 0.899. The van der Waals surface area contributed by atoms with Crippen LogP contribution in [-0.4, -0.2) is 33.8 Å². The number of hydrogen-bond donors (Lipinski definition) is 5. The summed E-state index contributed by atoms with van der Waals surface area (Å²) < 4.78 is 36.3. The van der Waals surface area contributed by atoms with Gasteiger partial charge in [-0.2, -0.15) is 0 Å². The van der Waals surface area contributed by atoms with Crippen molar-refractivity contribution in [1.29, 1.82) is 1.43 Å². The maximum atomic E-state index is 11.1. The predicted octanol–water partition coefficient (Wildman–Crippen LogP) is -0.457. The van der Waals surface area contributed by atoms with Gasteiger partial charge in [-0.15, -0.1) is 0 Å². The van der Waals surface area contributed by atoms with E-state index in [1.807, 2.05) is 0 Å². The van der Waals surface area contributed by atoms with Gasteiger partial charge in [-0.3, -0.25) is 4.79 Å². The molecule has 1 aromatic rings. The maximum Gasteiger partial charge on any atom is 0.323 e. The number of nitrogens with two attached hydrogens (primary N) is 1. The molecule has 0 aliphatic heterocycles. The summed E-state index contributed by atoms with van der Waals surface area (Å²) in [7, 11) is 0. The average molecular weight is 218 g/mol. The molecule has 0 aliphatic carbocycles. The largest absolute Gasteiger partial charge is 0.504 e. The van der Waals surface area contributed by atoms with Crippen LogP contribution in [0.3, 0.4) is 0 Å². The summed E-state index contributed by atoms with van der Waals surface area (Å²) in [6.07, 6.45) is -3.02. The third kappa shape index (κ3) is 2.36. The van der Waals surface area contributed by atoms with Gasteiger partial charge in [-0.05, 0) is 17.7 Å². The monoisotopic (exact) mass is 218 g/mol. The second kappa shape index (κ2) is 4.16. The third-order valence-electron chi connectivity index (χ3n) is 1.66. The van der Waals surface area contributed by atoms with Crippen molar-refractivity contribution in [3.05, 3.63) is 23.8 Å². The number of carboxylic acid groups (broad SMARTS) is 1. The van der Waals surface area contributed by atoms with Crippen molar-refractivity contribution in [2.75, 3.05) is 0 Å². The van der Waals surface area contributed by atoms with E-state index in [0.29, 0.717) is 6.07 Å². The van der Waals surface area contributed by atoms with E-state index in [-0.39, 0.29) is 0 Å². The lowest BCUT2D eigenvalue weighted by Gasteiger charge is -2.15. The molecule has 1 rings (SSSR count). The van der Waals surface area contributed by atoms with Crippen LogP contribution in [-0.2, 0) is 4.79 Å². The van der Waals surface area contributed by atoms with Crippen LogP contribution in [0.25, 0.3) is 0 Å². The number of hydrogen-bond acceptors (Lipinski definition) is 5. The molecule has 0 aromatic heterocycles. The molecule has 0 aliphatic rings. The van der Waals surface area contributed by atoms with Gasteiger partial charge in [0.05, 0.1) is 2.74 Å². The van der Waals surface area contributed by atoms with E-state index in [1.54, 1.807) is 0 Å². The topological polar surface area (TPSA) is 124 Å². The molecule has 2 atom stereocenters. The van der Waals surface area contributed by atoms with Crippen molar-refractivity contribution in [2.24, 2.45) is 5.72 Å². The summed E-state index contributed by atoms with van der Waals surface area (Å²) >= 11 is 0. The fourth-order valence-electron chi connectivity index (χ4n) is 0.899. The van der Waals surface area contributed by atoms with Crippen molar-refractivity contribution >= 4 is 5.97 Å². The van der Waals surface area contributed by atoms with Crippen LogP contribution in [0.5, 0.6) is 11.5 Å². The van der Waals surface area contributed by atoms with Gasteiger partial charge in [0, 0.05) is 0 Å². The van der Waals surface area contributed by atoms with Crippen molar-refractivity contribution in [2.45, 2.75) is 12.1 Å². The highest BCUT2D eigenvalue weighted by Gasteiger charge is 2.24. The second-order valence-electron chi connectivity index (χ2n) is 2.69. The molecular weight excluding hydrogens is 202 g/mol.